The third kappa shape index (κ3) is 3.16. The molecule has 4 nitrogen and oxygen atoms in total. The van der Waals surface area contributed by atoms with Crippen LogP contribution in [0.2, 0.25) is 0 Å². The lowest BCUT2D eigenvalue weighted by atomic mass is 9.86. The Hall–Kier alpha value is -0.910. The molecule has 5 heteroatoms. The van der Waals surface area contributed by atoms with Gasteiger partial charge in [0.1, 0.15) is 0 Å². The quantitative estimate of drug-likeness (QED) is 0.759. The van der Waals surface area contributed by atoms with Crippen molar-refractivity contribution in [1.29, 1.82) is 0 Å². The Morgan fingerprint density at radius 3 is 2.84 bits per heavy atom. The molecule has 0 saturated carbocycles. The van der Waals surface area contributed by atoms with E-state index in [9.17, 15) is 9.90 Å². The Morgan fingerprint density at radius 2 is 2.21 bits per heavy atom. The molecule has 1 aromatic heterocycles. The fourth-order valence-corrected chi connectivity index (χ4v) is 3.21. The van der Waals surface area contributed by atoms with Crippen molar-refractivity contribution in [2.75, 3.05) is 0 Å². The highest BCUT2D eigenvalue weighted by atomic mass is 32.1. The van der Waals surface area contributed by atoms with Gasteiger partial charge in [-0.3, -0.25) is 4.79 Å². The molecule has 0 radical (unpaired) electrons. The summed E-state index contributed by atoms with van der Waals surface area (Å²) in [5.41, 5.74) is 6.89. The minimum absolute atomic E-state index is 0.185. The number of rotatable bonds is 2. The molecule has 1 aliphatic rings. The summed E-state index contributed by atoms with van der Waals surface area (Å²) in [7, 11) is 0. The zero-order chi connectivity index (χ0) is 14.2. The average molecular weight is 282 g/mol. The molecule has 4 N–H and O–H groups in total. The summed E-state index contributed by atoms with van der Waals surface area (Å²) in [5.74, 6) is -0.185. The predicted octanol–water partition coefficient (Wildman–Crippen LogP) is 1.07. The summed E-state index contributed by atoms with van der Waals surface area (Å²) in [4.78, 5) is 13.3. The number of aliphatic hydroxyl groups is 1. The topological polar surface area (TPSA) is 75.4 Å². The first-order valence-corrected chi connectivity index (χ1v) is 7.46. The highest BCUT2D eigenvalue weighted by Gasteiger charge is 2.33. The molecular weight excluding hydrogens is 260 g/mol. The summed E-state index contributed by atoms with van der Waals surface area (Å²) < 4.78 is 0. The number of hydrogen-bond donors (Lipinski definition) is 3. The number of fused-ring (bicyclic) bond motifs is 1. The monoisotopic (exact) mass is 282 g/mol. The van der Waals surface area contributed by atoms with E-state index in [1.54, 1.807) is 11.3 Å². The van der Waals surface area contributed by atoms with E-state index in [0.29, 0.717) is 12.8 Å². The Labute approximate surface area is 118 Å². The maximum atomic E-state index is 12.1. The van der Waals surface area contributed by atoms with Gasteiger partial charge in [0, 0.05) is 11.3 Å². The van der Waals surface area contributed by atoms with E-state index >= 15 is 0 Å². The SMILES string of the molecule is CC(C)(C)C(N)C(=O)NC1Cc2ccsc2CC1O. The first kappa shape index (κ1) is 14.5. The van der Waals surface area contributed by atoms with Crippen molar-refractivity contribution < 1.29 is 9.90 Å². The fourth-order valence-electron chi connectivity index (χ4n) is 2.25. The van der Waals surface area contributed by atoms with Crippen LogP contribution in [0.25, 0.3) is 0 Å². The molecule has 3 atom stereocenters. The number of hydrogen-bond acceptors (Lipinski definition) is 4. The van der Waals surface area contributed by atoms with Gasteiger partial charge < -0.3 is 16.2 Å². The van der Waals surface area contributed by atoms with Crippen molar-refractivity contribution in [1.82, 2.24) is 5.32 Å². The van der Waals surface area contributed by atoms with Crippen LogP contribution in [-0.2, 0) is 17.6 Å². The van der Waals surface area contributed by atoms with Crippen LogP contribution in [0.5, 0.6) is 0 Å². The van der Waals surface area contributed by atoms with Crippen LogP contribution >= 0.6 is 11.3 Å². The zero-order valence-electron chi connectivity index (χ0n) is 11.6. The molecule has 0 aliphatic heterocycles. The highest BCUT2D eigenvalue weighted by molar-refractivity contribution is 7.10. The molecule has 106 valence electrons. The zero-order valence-corrected chi connectivity index (χ0v) is 12.5. The number of amides is 1. The average Bonchev–Trinajstić information content (AvgIpc) is 2.74. The van der Waals surface area contributed by atoms with Gasteiger partial charge in [-0.05, 0) is 28.8 Å². The van der Waals surface area contributed by atoms with Gasteiger partial charge in [0.2, 0.25) is 5.91 Å². The van der Waals surface area contributed by atoms with Crippen molar-refractivity contribution in [3.05, 3.63) is 21.9 Å². The van der Waals surface area contributed by atoms with E-state index in [2.05, 4.69) is 11.4 Å². The van der Waals surface area contributed by atoms with Crippen molar-refractivity contribution in [2.24, 2.45) is 11.1 Å². The second kappa shape index (κ2) is 5.23. The van der Waals surface area contributed by atoms with Crippen LogP contribution in [0, 0.1) is 5.41 Å². The van der Waals surface area contributed by atoms with Gasteiger partial charge in [-0.25, -0.2) is 0 Å². The van der Waals surface area contributed by atoms with E-state index in [-0.39, 0.29) is 17.4 Å². The van der Waals surface area contributed by atoms with Crippen molar-refractivity contribution in [2.45, 2.75) is 51.8 Å². The van der Waals surface area contributed by atoms with E-state index in [1.807, 2.05) is 26.2 Å². The number of nitrogens with two attached hydrogens (primary N) is 1. The van der Waals surface area contributed by atoms with E-state index in [0.717, 1.165) is 0 Å². The van der Waals surface area contributed by atoms with Crippen molar-refractivity contribution >= 4 is 17.2 Å². The highest BCUT2D eigenvalue weighted by Crippen LogP contribution is 2.27. The molecular formula is C14H22N2O2S. The minimum Gasteiger partial charge on any atom is -0.391 e. The Kier molecular flexibility index (Phi) is 3.99. The molecule has 3 unspecified atom stereocenters. The van der Waals surface area contributed by atoms with Crippen molar-refractivity contribution in [3.8, 4) is 0 Å². The lowest BCUT2D eigenvalue weighted by Gasteiger charge is -2.32. The number of carbonyl (C=O) groups excluding carboxylic acids is 1. The van der Waals surface area contributed by atoms with Crippen LogP contribution < -0.4 is 11.1 Å². The minimum atomic E-state index is -0.566. The van der Waals surface area contributed by atoms with Gasteiger partial charge in [-0.1, -0.05) is 20.8 Å². The fraction of sp³-hybridized carbons (Fsp3) is 0.643. The maximum absolute atomic E-state index is 12.1. The second-order valence-electron chi connectivity index (χ2n) is 6.30. The molecule has 2 rings (SSSR count). The third-order valence-corrected chi connectivity index (χ3v) is 4.67. The normalized spacial score (nSPS) is 24.7. The molecule has 1 aliphatic carbocycles. The predicted molar refractivity (Wildman–Crippen MR) is 77.1 cm³/mol. The van der Waals surface area contributed by atoms with E-state index < -0.39 is 12.1 Å². The van der Waals surface area contributed by atoms with E-state index in [4.69, 9.17) is 5.73 Å². The molecule has 0 bridgehead atoms. The van der Waals surface area contributed by atoms with Gasteiger partial charge in [-0.15, -0.1) is 11.3 Å². The summed E-state index contributed by atoms with van der Waals surface area (Å²) in [6.07, 6.45) is 0.771. The van der Waals surface area contributed by atoms with Gasteiger partial charge in [0.25, 0.3) is 0 Å². The van der Waals surface area contributed by atoms with Crippen LogP contribution in [-0.4, -0.2) is 29.2 Å². The molecule has 0 spiro atoms. The van der Waals surface area contributed by atoms with Crippen LogP contribution in [0.4, 0.5) is 0 Å². The number of aliphatic hydroxyl groups excluding tert-OH is 1. The number of thiophene rings is 1. The van der Waals surface area contributed by atoms with Crippen molar-refractivity contribution in [3.63, 3.8) is 0 Å². The first-order chi connectivity index (χ1) is 8.79. The molecule has 0 aromatic carbocycles. The lowest BCUT2D eigenvalue weighted by Crippen LogP contribution is -2.55. The van der Waals surface area contributed by atoms with E-state index in [1.165, 1.54) is 10.4 Å². The number of nitrogens with one attached hydrogen (secondary N) is 1. The van der Waals surface area contributed by atoms with Crippen LogP contribution in [0.15, 0.2) is 11.4 Å². The second-order valence-corrected chi connectivity index (χ2v) is 7.30. The summed E-state index contributed by atoms with van der Waals surface area (Å²) in [5, 5.41) is 15.0. The summed E-state index contributed by atoms with van der Waals surface area (Å²) in [6, 6.07) is 1.26. The standard InChI is InChI=1S/C14H22N2O2S/c1-14(2,3)12(15)13(18)16-9-6-8-4-5-19-11(8)7-10(9)17/h4-5,9-10,12,17H,6-7,15H2,1-3H3,(H,16,18). The molecule has 0 saturated heterocycles. The maximum Gasteiger partial charge on any atom is 0.237 e. The summed E-state index contributed by atoms with van der Waals surface area (Å²) >= 11 is 1.66. The molecule has 0 fully saturated rings. The Bertz CT molecular complexity index is 464. The summed E-state index contributed by atoms with van der Waals surface area (Å²) in [6.45, 7) is 5.81. The van der Waals surface area contributed by atoms with Gasteiger partial charge in [0.05, 0.1) is 18.2 Å². The van der Waals surface area contributed by atoms with Gasteiger partial charge in [-0.2, -0.15) is 0 Å². The molecule has 1 aromatic rings. The van der Waals surface area contributed by atoms with Crippen LogP contribution in [0.3, 0.4) is 0 Å². The number of carbonyl (C=O) groups is 1. The molecule has 1 heterocycles. The molecule has 1 amide bonds. The first-order valence-electron chi connectivity index (χ1n) is 6.58. The Morgan fingerprint density at radius 1 is 1.53 bits per heavy atom. The lowest BCUT2D eigenvalue weighted by molar-refractivity contribution is -0.126. The molecule has 19 heavy (non-hydrogen) atoms. The van der Waals surface area contributed by atoms with Crippen LogP contribution in [0.1, 0.15) is 31.2 Å². The largest absolute Gasteiger partial charge is 0.391 e. The van der Waals surface area contributed by atoms with Gasteiger partial charge in [0.15, 0.2) is 0 Å². The Balaban J connectivity index is 2.02. The third-order valence-electron chi connectivity index (χ3n) is 3.68. The smallest absolute Gasteiger partial charge is 0.237 e. The van der Waals surface area contributed by atoms with Gasteiger partial charge >= 0.3 is 0 Å².